The lowest BCUT2D eigenvalue weighted by Gasteiger charge is -2.09. The van der Waals surface area contributed by atoms with Crippen LogP contribution in [0.25, 0.3) is 66.0 Å². The molecule has 5 heteroatoms. The van der Waals surface area contributed by atoms with Crippen LogP contribution < -0.4 is 11.1 Å². The van der Waals surface area contributed by atoms with Crippen molar-refractivity contribution in [1.29, 1.82) is 0 Å². The van der Waals surface area contributed by atoms with Gasteiger partial charge in [-0.15, -0.1) is 0 Å². The first kappa shape index (κ1) is 26.8. The molecule has 3 heterocycles. The summed E-state index contributed by atoms with van der Waals surface area (Å²) in [7, 11) is 0. The Bertz CT molecular complexity index is 2550. The molecule has 0 fully saturated rings. The predicted octanol–water partition coefficient (Wildman–Crippen LogP) is 8.79. The van der Waals surface area contributed by atoms with Gasteiger partial charge in [-0.25, -0.2) is 9.55 Å². The SMILES string of the molecule is CC(C)c1cccc(-c2ccc3c(=O)n(-c4ccccc4)c(=O)c4cc5c(cc4c3c2)c2cccnc2n5-c2ccccc2)c1. The molecule has 0 N–H and O–H groups in total. The van der Waals surface area contributed by atoms with Gasteiger partial charge in [0.2, 0.25) is 0 Å². The third kappa shape index (κ3) is 4.27. The Morgan fingerprint density at radius 1 is 0.511 bits per heavy atom. The number of hydrogen-bond donors (Lipinski definition) is 0. The van der Waals surface area contributed by atoms with E-state index < -0.39 is 0 Å². The summed E-state index contributed by atoms with van der Waals surface area (Å²) < 4.78 is 3.40. The molecule has 0 bridgehead atoms. The minimum absolute atomic E-state index is 0.345. The molecule has 5 nitrogen and oxygen atoms in total. The van der Waals surface area contributed by atoms with Gasteiger partial charge in [-0.2, -0.15) is 0 Å². The Morgan fingerprint density at radius 3 is 1.91 bits per heavy atom. The lowest BCUT2D eigenvalue weighted by Crippen LogP contribution is -2.28. The summed E-state index contributed by atoms with van der Waals surface area (Å²) in [5.74, 6) is 0.383. The van der Waals surface area contributed by atoms with E-state index in [4.69, 9.17) is 4.98 Å². The summed E-state index contributed by atoms with van der Waals surface area (Å²) in [6.07, 6.45) is 1.79. The van der Waals surface area contributed by atoms with Crippen molar-refractivity contribution in [1.82, 2.24) is 14.1 Å². The molecule has 0 unspecified atom stereocenters. The maximum atomic E-state index is 14.6. The molecule has 3 aromatic heterocycles. The van der Waals surface area contributed by atoms with Crippen LogP contribution in [0.4, 0.5) is 0 Å². The van der Waals surface area contributed by atoms with Gasteiger partial charge >= 0.3 is 0 Å². The second kappa shape index (κ2) is 10.4. The smallest absolute Gasteiger partial charge is 0.266 e. The number of fused-ring (bicyclic) bond motifs is 6. The molecule has 0 atom stereocenters. The second-order valence-corrected chi connectivity index (χ2v) is 11.8. The van der Waals surface area contributed by atoms with Crippen molar-refractivity contribution in [2.24, 2.45) is 0 Å². The Morgan fingerprint density at radius 2 is 1.18 bits per heavy atom. The molecule has 0 aliphatic heterocycles. The highest BCUT2D eigenvalue weighted by molar-refractivity contribution is 6.17. The zero-order chi connectivity index (χ0) is 30.7. The van der Waals surface area contributed by atoms with E-state index in [2.05, 4.69) is 60.9 Å². The summed E-state index contributed by atoms with van der Waals surface area (Å²) in [5.41, 5.74) is 5.73. The van der Waals surface area contributed by atoms with Crippen molar-refractivity contribution in [3.63, 3.8) is 0 Å². The monoisotopic (exact) mass is 583 g/mol. The fourth-order valence-corrected chi connectivity index (χ4v) is 6.48. The van der Waals surface area contributed by atoms with Gasteiger partial charge in [-0.1, -0.05) is 80.6 Å². The average molecular weight is 584 g/mol. The Hall–Kier alpha value is -5.81. The maximum Gasteiger partial charge on any atom is 0.266 e. The molecule has 8 rings (SSSR count). The van der Waals surface area contributed by atoms with Crippen LogP contribution in [0, 0.1) is 0 Å². The molecule has 216 valence electrons. The van der Waals surface area contributed by atoms with Crippen LogP contribution in [0.1, 0.15) is 25.3 Å². The number of pyridine rings is 1. The van der Waals surface area contributed by atoms with Crippen LogP contribution in [-0.2, 0) is 0 Å². The van der Waals surface area contributed by atoms with Gasteiger partial charge in [0.1, 0.15) is 5.65 Å². The average Bonchev–Trinajstić information content (AvgIpc) is 3.37. The van der Waals surface area contributed by atoms with E-state index in [0.717, 1.165) is 49.5 Å². The fraction of sp³-hybridized carbons (Fsp3) is 0.0750. The quantitative estimate of drug-likeness (QED) is 0.208. The molecule has 0 saturated carbocycles. The highest BCUT2D eigenvalue weighted by Crippen LogP contribution is 2.36. The Kier molecular flexibility index (Phi) is 6.20. The van der Waals surface area contributed by atoms with Crippen molar-refractivity contribution in [2.75, 3.05) is 0 Å². The fourth-order valence-electron chi connectivity index (χ4n) is 6.48. The van der Waals surface area contributed by atoms with Crippen LogP contribution >= 0.6 is 0 Å². The molecule has 0 aliphatic rings. The van der Waals surface area contributed by atoms with Crippen LogP contribution in [0.2, 0.25) is 0 Å². The van der Waals surface area contributed by atoms with E-state index in [9.17, 15) is 9.59 Å². The number of benzene rings is 5. The number of nitrogens with zero attached hydrogens (tertiary/aromatic N) is 3. The highest BCUT2D eigenvalue weighted by atomic mass is 16.2. The van der Waals surface area contributed by atoms with E-state index in [1.165, 1.54) is 10.1 Å². The second-order valence-electron chi connectivity index (χ2n) is 11.8. The molecule has 0 spiro atoms. The van der Waals surface area contributed by atoms with Crippen LogP contribution in [0.15, 0.2) is 143 Å². The van der Waals surface area contributed by atoms with Gasteiger partial charge in [0, 0.05) is 28.0 Å². The molecule has 5 aromatic carbocycles. The van der Waals surface area contributed by atoms with Crippen molar-refractivity contribution in [3.8, 4) is 22.5 Å². The van der Waals surface area contributed by atoms with Crippen molar-refractivity contribution < 1.29 is 0 Å². The van der Waals surface area contributed by atoms with Gasteiger partial charge in [-0.3, -0.25) is 14.2 Å². The van der Waals surface area contributed by atoms with E-state index in [1.807, 2.05) is 72.8 Å². The van der Waals surface area contributed by atoms with Crippen LogP contribution in [-0.4, -0.2) is 14.1 Å². The number of aromatic nitrogens is 3. The largest absolute Gasteiger partial charge is 0.294 e. The van der Waals surface area contributed by atoms with Crippen LogP contribution in [0.3, 0.4) is 0 Å². The zero-order valence-corrected chi connectivity index (χ0v) is 24.9. The molecular formula is C40H29N3O2. The third-order valence-corrected chi connectivity index (χ3v) is 8.76. The first-order chi connectivity index (χ1) is 22.0. The summed E-state index contributed by atoms with van der Waals surface area (Å²) in [4.78, 5) is 33.7. The van der Waals surface area contributed by atoms with Crippen molar-refractivity contribution in [3.05, 3.63) is 160 Å². The first-order valence-electron chi connectivity index (χ1n) is 15.2. The Balaban J connectivity index is 1.57. The predicted molar refractivity (Wildman–Crippen MR) is 185 cm³/mol. The first-order valence-corrected chi connectivity index (χ1v) is 15.2. The van der Waals surface area contributed by atoms with Gasteiger partial charge in [-0.05, 0) is 94.0 Å². The topological polar surface area (TPSA) is 56.9 Å². The van der Waals surface area contributed by atoms with Gasteiger partial charge in [0.25, 0.3) is 11.1 Å². The van der Waals surface area contributed by atoms with Gasteiger partial charge in [0.15, 0.2) is 0 Å². The lowest BCUT2D eigenvalue weighted by atomic mass is 9.95. The lowest BCUT2D eigenvalue weighted by molar-refractivity contribution is 0.867. The molecule has 45 heavy (non-hydrogen) atoms. The zero-order valence-electron chi connectivity index (χ0n) is 24.9. The third-order valence-electron chi connectivity index (χ3n) is 8.76. The molecule has 0 radical (unpaired) electrons. The minimum Gasteiger partial charge on any atom is -0.294 e. The van der Waals surface area contributed by atoms with Crippen molar-refractivity contribution >= 4 is 43.5 Å². The summed E-state index contributed by atoms with van der Waals surface area (Å²) >= 11 is 0. The number of para-hydroxylation sites is 2. The standard InChI is InChI=1S/C40H29N3O2/c1-25(2)26-11-9-12-27(21-26)28-18-19-32-33(22-28)34-23-35-31-17-10-20-41-38(31)42(29-13-5-3-6-14-29)37(35)24-36(34)40(45)43(39(32)44)30-15-7-4-8-16-30/h3-25H,1-2H3. The molecule has 8 aromatic rings. The summed E-state index contributed by atoms with van der Waals surface area (Å²) in [6.45, 7) is 4.36. The van der Waals surface area contributed by atoms with Crippen LogP contribution in [0.5, 0.6) is 0 Å². The van der Waals surface area contributed by atoms with E-state index >= 15 is 0 Å². The molecule has 0 saturated heterocycles. The maximum absolute atomic E-state index is 14.6. The number of rotatable bonds is 4. The molecule has 0 amide bonds. The highest BCUT2D eigenvalue weighted by Gasteiger charge is 2.19. The van der Waals surface area contributed by atoms with Crippen molar-refractivity contribution in [2.45, 2.75) is 19.8 Å². The minimum atomic E-state index is -0.361. The van der Waals surface area contributed by atoms with E-state index in [1.54, 1.807) is 18.3 Å². The van der Waals surface area contributed by atoms with Gasteiger partial charge in [0.05, 0.1) is 16.6 Å². The number of hydrogen-bond acceptors (Lipinski definition) is 3. The Labute approximate surface area is 259 Å². The molecular weight excluding hydrogens is 554 g/mol. The normalized spacial score (nSPS) is 11.7. The molecule has 0 aliphatic carbocycles. The van der Waals surface area contributed by atoms with Gasteiger partial charge < -0.3 is 0 Å². The summed E-state index contributed by atoms with van der Waals surface area (Å²) in [6, 6.07) is 41.6. The summed E-state index contributed by atoms with van der Waals surface area (Å²) in [5, 5.41) is 4.36. The van der Waals surface area contributed by atoms with E-state index in [-0.39, 0.29) is 11.1 Å². The van der Waals surface area contributed by atoms with E-state index in [0.29, 0.717) is 22.4 Å².